The summed E-state index contributed by atoms with van der Waals surface area (Å²) in [7, 11) is 1.48. The Morgan fingerprint density at radius 2 is 1.74 bits per heavy atom. The Labute approximate surface area is 277 Å². The standard InChI is InChI=1S/C36H48ClFN6O2/c1-46-34-22-31(15-16-32(34)38)41-29-11-13-30(14-12-29)42-33(21-26-7-9-28(37)10-8-26)35(45)43-19-17-36(18-20-43,23-44-25-39-24-40-44)27-5-3-2-4-6-27/h7-10,15-16,22,24-25,27,29-30,33,41-42H,2-6,11-14,17-21,23H2,1H3/t29-,30-,33-/m1/s1. The lowest BCUT2D eigenvalue weighted by atomic mass is 9.63. The molecule has 46 heavy (non-hydrogen) atoms. The molecule has 2 saturated carbocycles. The average molecular weight is 651 g/mol. The number of nitrogens with zero attached hydrogens (tertiary/aromatic N) is 4. The number of rotatable bonds is 11. The van der Waals surface area contributed by atoms with E-state index in [1.54, 1.807) is 18.5 Å². The number of nitrogens with one attached hydrogen (secondary N) is 2. The molecule has 3 aliphatic rings. The number of carbonyl (C=O) groups excluding carboxylic acids is 1. The van der Waals surface area contributed by atoms with Crippen LogP contribution in [-0.2, 0) is 17.8 Å². The van der Waals surface area contributed by atoms with Gasteiger partial charge in [-0.15, -0.1) is 0 Å². The lowest BCUT2D eigenvalue weighted by Gasteiger charge is -2.48. The van der Waals surface area contributed by atoms with E-state index in [9.17, 15) is 9.18 Å². The number of ether oxygens (including phenoxy) is 1. The van der Waals surface area contributed by atoms with Crippen molar-refractivity contribution in [2.24, 2.45) is 11.3 Å². The fourth-order valence-electron chi connectivity index (χ4n) is 8.19. The number of carbonyl (C=O) groups is 1. The molecule has 8 nitrogen and oxygen atoms in total. The predicted octanol–water partition coefficient (Wildman–Crippen LogP) is 6.89. The largest absolute Gasteiger partial charge is 0.494 e. The number of likely N-dealkylation sites (tertiary alicyclic amines) is 1. The van der Waals surface area contributed by atoms with Crippen molar-refractivity contribution in [1.82, 2.24) is 25.0 Å². The smallest absolute Gasteiger partial charge is 0.240 e. The number of methoxy groups -OCH3 is 1. The summed E-state index contributed by atoms with van der Waals surface area (Å²) in [6, 6.07) is 13.0. The van der Waals surface area contributed by atoms with Crippen molar-refractivity contribution in [2.75, 3.05) is 25.5 Å². The molecule has 1 aromatic heterocycles. The van der Waals surface area contributed by atoms with Crippen LogP contribution < -0.4 is 15.4 Å². The second-order valence-corrected chi connectivity index (χ2v) is 14.1. The van der Waals surface area contributed by atoms with Crippen molar-refractivity contribution in [3.63, 3.8) is 0 Å². The molecule has 0 unspecified atom stereocenters. The zero-order chi connectivity index (χ0) is 31.9. The van der Waals surface area contributed by atoms with E-state index in [0.29, 0.717) is 23.4 Å². The van der Waals surface area contributed by atoms with Crippen LogP contribution in [0, 0.1) is 17.2 Å². The second-order valence-electron chi connectivity index (χ2n) is 13.7. The first-order valence-electron chi connectivity index (χ1n) is 17.1. The first-order valence-corrected chi connectivity index (χ1v) is 17.5. The summed E-state index contributed by atoms with van der Waals surface area (Å²) in [6.07, 6.45) is 16.4. The monoisotopic (exact) mass is 650 g/mol. The molecule has 3 fully saturated rings. The Morgan fingerprint density at radius 1 is 1.02 bits per heavy atom. The third-order valence-electron chi connectivity index (χ3n) is 10.8. The highest BCUT2D eigenvalue weighted by Gasteiger charge is 2.44. The van der Waals surface area contributed by atoms with Gasteiger partial charge in [-0.3, -0.25) is 9.48 Å². The van der Waals surface area contributed by atoms with Crippen LogP contribution in [0.1, 0.15) is 76.2 Å². The highest BCUT2D eigenvalue weighted by Crippen LogP contribution is 2.47. The minimum Gasteiger partial charge on any atom is -0.494 e. The van der Waals surface area contributed by atoms with E-state index in [1.165, 1.54) is 45.3 Å². The molecule has 3 aromatic rings. The minimum atomic E-state index is -0.360. The van der Waals surface area contributed by atoms with Crippen LogP contribution in [-0.4, -0.2) is 63.9 Å². The molecular formula is C36H48ClFN6O2. The first kappa shape index (κ1) is 32.8. The van der Waals surface area contributed by atoms with Crippen LogP contribution in [0.25, 0.3) is 0 Å². The van der Waals surface area contributed by atoms with Crippen molar-refractivity contribution < 1.29 is 13.9 Å². The predicted molar refractivity (Wildman–Crippen MR) is 180 cm³/mol. The summed E-state index contributed by atoms with van der Waals surface area (Å²) in [6.45, 7) is 2.44. The van der Waals surface area contributed by atoms with Gasteiger partial charge in [-0.25, -0.2) is 9.37 Å². The van der Waals surface area contributed by atoms with Gasteiger partial charge in [-0.1, -0.05) is 43.0 Å². The fraction of sp³-hybridized carbons (Fsp3) is 0.583. The fourth-order valence-corrected chi connectivity index (χ4v) is 8.31. The lowest BCUT2D eigenvalue weighted by molar-refractivity contribution is -0.137. The molecule has 10 heteroatoms. The summed E-state index contributed by atoms with van der Waals surface area (Å²) < 4.78 is 21.1. The summed E-state index contributed by atoms with van der Waals surface area (Å²) in [5, 5.41) is 12.5. The van der Waals surface area contributed by atoms with Gasteiger partial charge in [-0.05, 0) is 98.9 Å². The zero-order valence-electron chi connectivity index (χ0n) is 27.0. The maximum Gasteiger partial charge on any atom is 0.240 e. The van der Waals surface area contributed by atoms with E-state index in [4.69, 9.17) is 16.3 Å². The molecule has 1 aliphatic heterocycles. The third-order valence-corrected chi connectivity index (χ3v) is 11.1. The molecular weight excluding hydrogens is 603 g/mol. The lowest BCUT2D eigenvalue weighted by Crippen LogP contribution is -2.55. The number of halogens is 2. The van der Waals surface area contributed by atoms with Gasteiger partial charge in [-0.2, -0.15) is 5.10 Å². The highest BCUT2D eigenvalue weighted by atomic mass is 35.5. The van der Waals surface area contributed by atoms with Crippen LogP contribution in [0.4, 0.5) is 10.1 Å². The van der Waals surface area contributed by atoms with Gasteiger partial charge < -0.3 is 20.3 Å². The van der Waals surface area contributed by atoms with Crippen molar-refractivity contribution in [1.29, 1.82) is 0 Å². The molecule has 2 N–H and O–H groups in total. The molecule has 248 valence electrons. The average Bonchev–Trinajstić information content (AvgIpc) is 3.60. The summed E-state index contributed by atoms with van der Waals surface area (Å²) in [4.78, 5) is 20.6. The molecule has 1 atom stereocenters. The van der Waals surface area contributed by atoms with Crippen molar-refractivity contribution in [3.05, 3.63) is 71.5 Å². The molecule has 2 aromatic carbocycles. The van der Waals surface area contributed by atoms with Crippen LogP contribution in [0.2, 0.25) is 5.02 Å². The zero-order valence-corrected chi connectivity index (χ0v) is 27.7. The van der Waals surface area contributed by atoms with E-state index < -0.39 is 0 Å². The maximum atomic E-state index is 14.3. The third kappa shape index (κ3) is 8.03. The maximum absolute atomic E-state index is 14.3. The number of amides is 1. The molecule has 0 spiro atoms. The molecule has 1 saturated heterocycles. The molecule has 0 radical (unpaired) electrons. The summed E-state index contributed by atoms with van der Waals surface area (Å²) >= 11 is 6.19. The van der Waals surface area contributed by atoms with Crippen LogP contribution in [0.3, 0.4) is 0 Å². The van der Waals surface area contributed by atoms with Crippen LogP contribution >= 0.6 is 11.6 Å². The topological polar surface area (TPSA) is 84.3 Å². The van der Waals surface area contributed by atoms with E-state index >= 15 is 0 Å². The second kappa shape index (κ2) is 15.2. The molecule has 2 aliphatic carbocycles. The van der Waals surface area contributed by atoms with Gasteiger partial charge in [0.2, 0.25) is 5.91 Å². The van der Waals surface area contributed by atoms with Gasteiger partial charge in [0.05, 0.1) is 13.2 Å². The van der Waals surface area contributed by atoms with E-state index in [0.717, 1.165) is 69.4 Å². The van der Waals surface area contributed by atoms with E-state index in [1.807, 2.05) is 35.3 Å². The number of anilines is 1. The Bertz CT molecular complexity index is 1400. The van der Waals surface area contributed by atoms with Crippen molar-refractivity contribution >= 4 is 23.2 Å². The first-order chi connectivity index (χ1) is 22.4. The Morgan fingerprint density at radius 3 is 2.41 bits per heavy atom. The molecule has 1 amide bonds. The quantitative estimate of drug-likeness (QED) is 0.235. The van der Waals surface area contributed by atoms with Crippen molar-refractivity contribution in [3.8, 4) is 5.75 Å². The van der Waals surface area contributed by atoms with Gasteiger partial charge in [0.15, 0.2) is 11.6 Å². The Balaban J connectivity index is 1.10. The minimum absolute atomic E-state index is 0.157. The number of benzene rings is 2. The Hall–Kier alpha value is -3.17. The number of piperidine rings is 1. The van der Waals surface area contributed by atoms with E-state index in [2.05, 4.69) is 25.6 Å². The Kier molecular flexibility index (Phi) is 10.8. The van der Waals surface area contributed by atoms with Gasteiger partial charge in [0, 0.05) is 48.5 Å². The summed E-state index contributed by atoms with van der Waals surface area (Å²) in [5.74, 6) is 0.758. The number of hydrogen-bond acceptors (Lipinski definition) is 6. The van der Waals surface area contributed by atoms with Gasteiger partial charge in [0.1, 0.15) is 12.7 Å². The molecule has 2 heterocycles. The van der Waals surface area contributed by atoms with Crippen LogP contribution in [0.15, 0.2) is 55.1 Å². The normalized spacial score (nSPS) is 22.7. The van der Waals surface area contributed by atoms with E-state index in [-0.39, 0.29) is 35.0 Å². The number of aromatic nitrogens is 3. The molecule has 0 bridgehead atoms. The highest BCUT2D eigenvalue weighted by molar-refractivity contribution is 6.30. The molecule has 6 rings (SSSR count). The van der Waals surface area contributed by atoms with Gasteiger partial charge in [0.25, 0.3) is 0 Å². The van der Waals surface area contributed by atoms with Gasteiger partial charge >= 0.3 is 0 Å². The van der Waals surface area contributed by atoms with Crippen molar-refractivity contribution in [2.45, 2.75) is 102 Å². The SMILES string of the molecule is COc1cc(N[C@H]2CC[C@H](N[C@H](Cc3ccc(Cl)cc3)C(=O)N3CCC(Cn4cncn4)(C4CCCCC4)CC3)CC2)ccc1F. The van der Waals surface area contributed by atoms with Crippen LogP contribution in [0.5, 0.6) is 5.75 Å². The summed E-state index contributed by atoms with van der Waals surface area (Å²) in [5.41, 5.74) is 2.13. The number of hydrogen-bond donors (Lipinski definition) is 2.